The van der Waals surface area contributed by atoms with E-state index in [2.05, 4.69) is 10.6 Å². The first-order valence-electron chi connectivity index (χ1n) is 12.1. The predicted molar refractivity (Wildman–Crippen MR) is 143 cm³/mol. The molecule has 3 rings (SSSR count). The number of methoxy groups -OCH3 is 4. The molecule has 10 heteroatoms. The number of carbonyl (C=O) groups is 2. The highest BCUT2D eigenvalue weighted by Crippen LogP contribution is 2.38. The second-order valence-corrected chi connectivity index (χ2v) is 8.09. The van der Waals surface area contributed by atoms with Crippen LogP contribution in [-0.4, -0.2) is 53.6 Å². The van der Waals surface area contributed by atoms with Crippen molar-refractivity contribution in [2.24, 2.45) is 0 Å². The van der Waals surface area contributed by atoms with E-state index in [9.17, 15) is 9.59 Å². The van der Waals surface area contributed by atoms with Crippen LogP contribution in [0.4, 0.5) is 11.4 Å². The van der Waals surface area contributed by atoms with Gasteiger partial charge in [-0.1, -0.05) is 0 Å². The van der Waals surface area contributed by atoms with E-state index >= 15 is 0 Å². The van der Waals surface area contributed by atoms with Crippen molar-refractivity contribution in [3.05, 3.63) is 58.9 Å². The number of ether oxygens (including phenoxy) is 6. The number of esters is 2. The normalized spacial score (nSPS) is 13.0. The van der Waals surface area contributed by atoms with E-state index in [0.29, 0.717) is 56.9 Å². The molecule has 2 N–H and O–H groups in total. The van der Waals surface area contributed by atoms with Gasteiger partial charge in [-0.3, -0.25) is 0 Å². The lowest BCUT2D eigenvalue weighted by molar-refractivity contribution is -0.140. The molecular weight excluding hydrogens is 492 g/mol. The second kappa shape index (κ2) is 13.3. The Kier molecular flexibility index (Phi) is 9.86. The number of anilines is 2. The highest BCUT2D eigenvalue weighted by molar-refractivity contribution is 5.96. The molecule has 0 bridgehead atoms. The van der Waals surface area contributed by atoms with Crippen LogP contribution in [0.2, 0.25) is 0 Å². The molecule has 0 aliphatic heterocycles. The Balaban J connectivity index is 2.06. The Hall–Kier alpha value is -4.34. The topological polar surface area (TPSA) is 114 Å². The Morgan fingerprint density at radius 1 is 0.658 bits per heavy atom. The van der Waals surface area contributed by atoms with Gasteiger partial charge in [0, 0.05) is 36.4 Å². The van der Waals surface area contributed by atoms with Crippen LogP contribution in [0.5, 0.6) is 23.0 Å². The molecule has 0 atom stereocenters. The molecule has 204 valence electrons. The summed E-state index contributed by atoms with van der Waals surface area (Å²) in [6.45, 7) is 3.88. The molecule has 0 saturated heterocycles. The van der Waals surface area contributed by atoms with Crippen LogP contribution >= 0.6 is 0 Å². The average Bonchev–Trinajstić information content (AvgIpc) is 2.94. The van der Waals surface area contributed by atoms with Crippen molar-refractivity contribution in [3.8, 4) is 23.0 Å². The van der Waals surface area contributed by atoms with Crippen molar-refractivity contribution in [2.45, 2.75) is 26.7 Å². The summed E-state index contributed by atoms with van der Waals surface area (Å²) in [6, 6.07) is 10.5. The molecule has 38 heavy (non-hydrogen) atoms. The number of benzene rings is 2. The quantitative estimate of drug-likeness (QED) is 0.378. The van der Waals surface area contributed by atoms with Crippen molar-refractivity contribution in [1.29, 1.82) is 0 Å². The summed E-state index contributed by atoms with van der Waals surface area (Å²) >= 11 is 0. The lowest BCUT2D eigenvalue weighted by atomic mass is 9.92. The summed E-state index contributed by atoms with van der Waals surface area (Å²) in [4.78, 5) is 26.2. The maximum Gasteiger partial charge on any atom is 0.336 e. The summed E-state index contributed by atoms with van der Waals surface area (Å²) in [5.74, 6) is 1.25. The number of rotatable bonds is 12. The van der Waals surface area contributed by atoms with Gasteiger partial charge in [0.25, 0.3) is 0 Å². The van der Waals surface area contributed by atoms with Gasteiger partial charge in [-0.2, -0.15) is 0 Å². The molecule has 0 heterocycles. The first-order chi connectivity index (χ1) is 18.4. The SMILES string of the molecule is CCOC(=O)C1=C(Nc2ccc(OC)cc2OC)CC(C(=O)OCC)=C(Nc2ccc(OC)cc2OC)C1. The van der Waals surface area contributed by atoms with Gasteiger partial charge >= 0.3 is 11.9 Å². The first kappa shape index (κ1) is 28.2. The van der Waals surface area contributed by atoms with E-state index in [1.165, 1.54) is 14.2 Å². The zero-order valence-corrected chi connectivity index (χ0v) is 22.6. The van der Waals surface area contributed by atoms with Gasteiger partial charge in [-0.05, 0) is 38.1 Å². The third-order valence-corrected chi connectivity index (χ3v) is 5.87. The molecule has 0 radical (unpaired) electrons. The Bertz CT molecular complexity index is 1140. The van der Waals surface area contributed by atoms with E-state index in [4.69, 9.17) is 28.4 Å². The molecule has 0 amide bonds. The third kappa shape index (κ3) is 6.50. The number of allylic oxidation sites excluding steroid dienone is 2. The van der Waals surface area contributed by atoms with Crippen molar-refractivity contribution in [2.75, 3.05) is 52.3 Å². The van der Waals surface area contributed by atoms with Gasteiger partial charge in [-0.15, -0.1) is 0 Å². The number of hydrogen-bond donors (Lipinski definition) is 2. The van der Waals surface area contributed by atoms with E-state index in [-0.39, 0.29) is 26.1 Å². The highest BCUT2D eigenvalue weighted by Gasteiger charge is 2.31. The van der Waals surface area contributed by atoms with Gasteiger partial charge < -0.3 is 39.1 Å². The van der Waals surface area contributed by atoms with Crippen LogP contribution in [0.25, 0.3) is 0 Å². The molecule has 2 aromatic carbocycles. The Labute approximate surface area is 222 Å². The van der Waals surface area contributed by atoms with Crippen LogP contribution in [0.1, 0.15) is 26.7 Å². The van der Waals surface area contributed by atoms with Crippen molar-refractivity contribution in [3.63, 3.8) is 0 Å². The smallest absolute Gasteiger partial charge is 0.336 e. The Morgan fingerprint density at radius 2 is 1.05 bits per heavy atom. The minimum Gasteiger partial charge on any atom is -0.497 e. The fourth-order valence-corrected chi connectivity index (χ4v) is 3.98. The van der Waals surface area contributed by atoms with Gasteiger partial charge in [0.1, 0.15) is 23.0 Å². The number of nitrogens with one attached hydrogen (secondary N) is 2. The molecule has 2 aromatic rings. The number of carbonyl (C=O) groups excluding carboxylic acids is 2. The lowest BCUT2D eigenvalue weighted by Gasteiger charge is -2.27. The molecule has 0 aromatic heterocycles. The maximum atomic E-state index is 13.1. The fourth-order valence-electron chi connectivity index (χ4n) is 3.98. The summed E-state index contributed by atoms with van der Waals surface area (Å²) in [6.07, 6.45) is 0.173. The van der Waals surface area contributed by atoms with E-state index < -0.39 is 11.9 Å². The summed E-state index contributed by atoms with van der Waals surface area (Å²) < 4.78 is 32.3. The molecule has 0 saturated carbocycles. The molecule has 1 aliphatic rings. The summed E-state index contributed by atoms with van der Waals surface area (Å²) in [7, 11) is 6.20. The van der Waals surface area contributed by atoms with Crippen LogP contribution in [0.3, 0.4) is 0 Å². The largest absolute Gasteiger partial charge is 0.497 e. The maximum absolute atomic E-state index is 13.1. The second-order valence-electron chi connectivity index (χ2n) is 8.09. The first-order valence-corrected chi connectivity index (χ1v) is 12.1. The lowest BCUT2D eigenvalue weighted by Crippen LogP contribution is -2.25. The number of hydrogen-bond acceptors (Lipinski definition) is 10. The van der Waals surface area contributed by atoms with Crippen molar-refractivity contribution in [1.82, 2.24) is 0 Å². The molecule has 0 unspecified atom stereocenters. The standard InChI is InChI=1S/C28H34N2O8/c1-7-37-27(31)19-15-24(30-22-12-10-18(34-4)14-26(22)36-6)20(28(32)38-8-2)16-23(19)29-21-11-9-17(33-3)13-25(21)35-5/h9-14,29-30H,7-8,15-16H2,1-6H3. The minimum atomic E-state index is -0.494. The van der Waals surface area contributed by atoms with Gasteiger partial charge in [0.15, 0.2) is 0 Å². The monoisotopic (exact) mass is 526 g/mol. The summed E-state index contributed by atoms with van der Waals surface area (Å²) in [5.41, 5.74) is 2.94. The zero-order valence-electron chi connectivity index (χ0n) is 22.6. The zero-order chi connectivity index (χ0) is 27.7. The highest BCUT2D eigenvalue weighted by atomic mass is 16.5. The predicted octanol–water partition coefficient (Wildman–Crippen LogP) is 4.67. The van der Waals surface area contributed by atoms with Crippen molar-refractivity contribution >= 4 is 23.3 Å². The van der Waals surface area contributed by atoms with Gasteiger partial charge in [0.05, 0.1) is 64.2 Å². The van der Waals surface area contributed by atoms with E-state index in [1.807, 2.05) is 0 Å². The van der Waals surface area contributed by atoms with Gasteiger partial charge in [-0.25, -0.2) is 9.59 Å². The molecule has 10 nitrogen and oxygen atoms in total. The van der Waals surface area contributed by atoms with E-state index in [0.717, 1.165) is 0 Å². The van der Waals surface area contributed by atoms with Crippen LogP contribution < -0.4 is 29.6 Å². The minimum absolute atomic E-state index is 0.0863. The molecule has 0 fully saturated rings. The third-order valence-electron chi connectivity index (χ3n) is 5.87. The van der Waals surface area contributed by atoms with Crippen LogP contribution in [0, 0.1) is 0 Å². The molecule has 0 spiro atoms. The van der Waals surface area contributed by atoms with Crippen molar-refractivity contribution < 1.29 is 38.0 Å². The summed E-state index contributed by atoms with van der Waals surface area (Å²) in [5, 5.41) is 6.55. The van der Waals surface area contributed by atoms with Crippen LogP contribution in [-0.2, 0) is 19.1 Å². The van der Waals surface area contributed by atoms with E-state index in [1.54, 1.807) is 64.5 Å². The van der Waals surface area contributed by atoms with Gasteiger partial charge in [0.2, 0.25) is 0 Å². The average molecular weight is 527 g/mol. The Morgan fingerprint density at radius 3 is 1.37 bits per heavy atom. The molecule has 1 aliphatic carbocycles. The fraction of sp³-hybridized carbons (Fsp3) is 0.357. The van der Waals surface area contributed by atoms with Crippen LogP contribution in [0.15, 0.2) is 58.9 Å². The molecular formula is C28H34N2O8.